The van der Waals surface area contributed by atoms with E-state index in [1.807, 2.05) is 11.7 Å². The summed E-state index contributed by atoms with van der Waals surface area (Å²) in [5.41, 5.74) is 7.73. The quantitative estimate of drug-likeness (QED) is 0.904. The van der Waals surface area contributed by atoms with Crippen molar-refractivity contribution in [2.45, 2.75) is 58.7 Å². The average molecular weight is 280 g/mol. The fraction of sp³-hybridized carbons (Fsp3) is 0.800. The zero-order chi connectivity index (χ0) is 15.3. The van der Waals surface area contributed by atoms with Crippen LogP contribution < -0.4 is 10.6 Å². The maximum atomic E-state index is 6.35. The second-order valence-corrected chi connectivity index (χ2v) is 7.38. The van der Waals surface area contributed by atoms with Gasteiger partial charge < -0.3 is 15.4 Å². The number of hydrogen-bond acceptors (Lipinski definition) is 4. The molecule has 1 aromatic rings. The topological polar surface area (TPSA) is 56.3 Å². The van der Waals surface area contributed by atoms with Crippen LogP contribution >= 0.6 is 0 Å². The molecule has 114 valence electrons. The zero-order valence-electron chi connectivity index (χ0n) is 13.8. The summed E-state index contributed by atoms with van der Waals surface area (Å²) < 4.78 is 8.04. The molecule has 0 amide bonds. The third-order valence-corrected chi connectivity index (χ3v) is 3.62. The first-order valence-electron chi connectivity index (χ1n) is 7.30. The van der Waals surface area contributed by atoms with Crippen LogP contribution in [0.1, 0.15) is 53.2 Å². The molecule has 2 N–H and O–H groups in total. The number of nitrogen functional groups attached to an aromatic ring is 1. The van der Waals surface area contributed by atoms with E-state index in [0.29, 0.717) is 5.92 Å². The molecule has 0 saturated carbocycles. The minimum atomic E-state index is -0.198. The summed E-state index contributed by atoms with van der Waals surface area (Å²) in [5, 5.41) is 4.59. The number of nitrogens with zero attached hydrogens (tertiary/aromatic N) is 3. The molecule has 0 spiro atoms. The molecule has 5 heteroatoms. The SMILES string of the molecule is CC(C)c1nn(C)c(N2CC(C)(C)OC(C)(C)C2)c1N. The number of aryl methyl sites for hydroxylation is 1. The van der Waals surface area contributed by atoms with Crippen molar-refractivity contribution in [3.63, 3.8) is 0 Å². The van der Waals surface area contributed by atoms with Gasteiger partial charge in [-0.05, 0) is 33.6 Å². The van der Waals surface area contributed by atoms with Crippen LogP contribution in [0.3, 0.4) is 0 Å². The Balaban J connectivity index is 2.41. The van der Waals surface area contributed by atoms with E-state index in [1.54, 1.807) is 0 Å². The number of hydrogen-bond donors (Lipinski definition) is 1. The third kappa shape index (κ3) is 2.77. The second-order valence-electron chi connectivity index (χ2n) is 7.38. The Bertz CT molecular complexity index is 486. The fourth-order valence-electron chi connectivity index (χ4n) is 3.29. The first-order valence-corrected chi connectivity index (χ1v) is 7.30. The van der Waals surface area contributed by atoms with Gasteiger partial charge in [0.1, 0.15) is 0 Å². The number of nitrogens with two attached hydrogens (primary N) is 1. The van der Waals surface area contributed by atoms with Crippen LogP contribution in [-0.2, 0) is 11.8 Å². The third-order valence-electron chi connectivity index (χ3n) is 3.62. The minimum absolute atomic E-state index is 0.198. The van der Waals surface area contributed by atoms with Gasteiger partial charge in [0.25, 0.3) is 0 Å². The van der Waals surface area contributed by atoms with Gasteiger partial charge in [0, 0.05) is 20.1 Å². The maximum Gasteiger partial charge on any atom is 0.150 e. The van der Waals surface area contributed by atoms with Gasteiger partial charge in [0.05, 0.1) is 22.6 Å². The highest BCUT2D eigenvalue weighted by Gasteiger charge is 2.40. The van der Waals surface area contributed by atoms with Gasteiger partial charge >= 0.3 is 0 Å². The maximum absolute atomic E-state index is 6.35. The Morgan fingerprint density at radius 3 is 2.05 bits per heavy atom. The van der Waals surface area contributed by atoms with Gasteiger partial charge in [-0.3, -0.25) is 4.68 Å². The van der Waals surface area contributed by atoms with Crippen LogP contribution in [0.5, 0.6) is 0 Å². The lowest BCUT2D eigenvalue weighted by molar-refractivity contribution is -0.133. The number of rotatable bonds is 2. The molecule has 0 unspecified atom stereocenters. The lowest BCUT2D eigenvalue weighted by Crippen LogP contribution is -2.57. The summed E-state index contributed by atoms with van der Waals surface area (Å²) in [4.78, 5) is 2.30. The predicted octanol–water partition coefficient (Wildman–Crippen LogP) is 2.52. The summed E-state index contributed by atoms with van der Waals surface area (Å²) in [6.45, 7) is 14.4. The largest absolute Gasteiger partial charge is 0.394 e. The first kappa shape index (κ1) is 15.2. The Labute approximate surface area is 122 Å². The normalized spacial score (nSPS) is 21.5. The number of anilines is 2. The zero-order valence-corrected chi connectivity index (χ0v) is 13.8. The summed E-state index contributed by atoms with van der Waals surface area (Å²) in [6, 6.07) is 0. The summed E-state index contributed by atoms with van der Waals surface area (Å²) in [6.07, 6.45) is 0. The summed E-state index contributed by atoms with van der Waals surface area (Å²) in [7, 11) is 1.97. The van der Waals surface area contributed by atoms with Crippen LogP contribution in [0.2, 0.25) is 0 Å². The molecule has 2 rings (SSSR count). The Kier molecular flexibility index (Phi) is 3.53. The first-order chi connectivity index (χ1) is 9.02. The lowest BCUT2D eigenvalue weighted by Gasteiger charge is -2.47. The van der Waals surface area contributed by atoms with E-state index in [1.165, 1.54) is 0 Å². The standard InChI is InChI=1S/C15H28N4O/c1-10(2)12-11(16)13(18(7)17-12)19-8-14(3,4)20-15(5,6)9-19/h10H,8-9,16H2,1-7H3. The molecule has 1 aliphatic heterocycles. The summed E-state index contributed by atoms with van der Waals surface area (Å²) in [5.74, 6) is 1.34. The van der Waals surface area contributed by atoms with E-state index < -0.39 is 0 Å². The Morgan fingerprint density at radius 1 is 1.15 bits per heavy atom. The Morgan fingerprint density at radius 2 is 1.65 bits per heavy atom. The van der Waals surface area contributed by atoms with Crippen molar-refractivity contribution in [2.24, 2.45) is 7.05 Å². The molecule has 20 heavy (non-hydrogen) atoms. The fourth-order valence-corrected chi connectivity index (χ4v) is 3.29. The van der Waals surface area contributed by atoms with Gasteiger partial charge in [-0.15, -0.1) is 0 Å². The highest BCUT2D eigenvalue weighted by Crippen LogP contribution is 2.36. The molecule has 1 aromatic heterocycles. The number of ether oxygens (including phenoxy) is 1. The Hall–Kier alpha value is -1.23. The molecular weight excluding hydrogens is 252 g/mol. The highest BCUT2D eigenvalue weighted by atomic mass is 16.5. The van der Waals surface area contributed by atoms with Crippen molar-refractivity contribution in [1.29, 1.82) is 0 Å². The van der Waals surface area contributed by atoms with Gasteiger partial charge in [-0.2, -0.15) is 5.10 Å². The van der Waals surface area contributed by atoms with Gasteiger partial charge in [-0.1, -0.05) is 13.8 Å². The van der Waals surface area contributed by atoms with Crippen molar-refractivity contribution in [3.05, 3.63) is 5.69 Å². The molecule has 0 atom stereocenters. The van der Waals surface area contributed by atoms with Crippen molar-refractivity contribution >= 4 is 11.5 Å². The molecule has 5 nitrogen and oxygen atoms in total. The van der Waals surface area contributed by atoms with Gasteiger partial charge in [0.2, 0.25) is 0 Å². The van der Waals surface area contributed by atoms with Gasteiger partial charge in [-0.25, -0.2) is 0 Å². The van der Waals surface area contributed by atoms with Crippen molar-refractivity contribution in [3.8, 4) is 0 Å². The lowest BCUT2D eigenvalue weighted by atomic mass is 9.98. The minimum Gasteiger partial charge on any atom is -0.394 e. The molecule has 0 radical (unpaired) electrons. The monoisotopic (exact) mass is 280 g/mol. The molecular formula is C15H28N4O. The summed E-state index contributed by atoms with van der Waals surface area (Å²) >= 11 is 0. The molecule has 1 aliphatic rings. The highest BCUT2D eigenvalue weighted by molar-refractivity contribution is 5.67. The predicted molar refractivity (Wildman–Crippen MR) is 83.2 cm³/mol. The molecule has 2 heterocycles. The van der Waals surface area contributed by atoms with Crippen LogP contribution in [0, 0.1) is 0 Å². The van der Waals surface area contributed by atoms with Crippen molar-refractivity contribution in [2.75, 3.05) is 23.7 Å². The van der Waals surface area contributed by atoms with Crippen LogP contribution in [-0.4, -0.2) is 34.1 Å². The van der Waals surface area contributed by atoms with Crippen molar-refractivity contribution < 1.29 is 4.74 Å². The van der Waals surface area contributed by atoms with Crippen molar-refractivity contribution in [1.82, 2.24) is 9.78 Å². The number of morpholine rings is 1. The second kappa shape index (κ2) is 4.65. The molecule has 0 aliphatic carbocycles. The van der Waals surface area contributed by atoms with Crippen LogP contribution in [0.4, 0.5) is 11.5 Å². The van der Waals surface area contributed by atoms with Crippen LogP contribution in [0.15, 0.2) is 0 Å². The average Bonchev–Trinajstić information content (AvgIpc) is 2.49. The molecule has 1 fully saturated rings. The number of aromatic nitrogens is 2. The smallest absolute Gasteiger partial charge is 0.150 e. The van der Waals surface area contributed by atoms with Gasteiger partial charge in [0.15, 0.2) is 5.82 Å². The molecule has 0 bridgehead atoms. The van der Waals surface area contributed by atoms with E-state index in [-0.39, 0.29) is 11.2 Å². The van der Waals surface area contributed by atoms with E-state index in [0.717, 1.165) is 30.3 Å². The van der Waals surface area contributed by atoms with E-state index in [9.17, 15) is 0 Å². The van der Waals surface area contributed by atoms with E-state index in [2.05, 4.69) is 51.5 Å². The van der Waals surface area contributed by atoms with Crippen LogP contribution in [0.25, 0.3) is 0 Å². The van der Waals surface area contributed by atoms with E-state index >= 15 is 0 Å². The molecule has 0 aromatic carbocycles. The van der Waals surface area contributed by atoms with E-state index in [4.69, 9.17) is 10.5 Å². The molecule has 1 saturated heterocycles.